The van der Waals surface area contributed by atoms with Gasteiger partial charge < -0.3 is 0 Å². The number of nitro benzene ring substituents is 1. The first-order chi connectivity index (χ1) is 11.8. The Labute approximate surface area is 140 Å². The van der Waals surface area contributed by atoms with Crippen molar-refractivity contribution in [2.45, 2.75) is 13.0 Å². The molecule has 0 amide bonds. The lowest BCUT2D eigenvalue weighted by atomic mass is 10.00. The maximum Gasteiger partial charge on any atom is 0.346 e. The molecule has 0 bridgehead atoms. The molecule has 2 aromatic carbocycles. The zero-order valence-corrected chi connectivity index (χ0v) is 14.1. The van der Waals surface area contributed by atoms with Crippen molar-refractivity contribution in [3.63, 3.8) is 0 Å². The molecule has 2 aromatic rings. The molecule has 2 aliphatic heterocycles. The molecule has 0 N–H and O–H groups in total. The number of benzene rings is 2. The van der Waals surface area contributed by atoms with E-state index in [0.29, 0.717) is 42.5 Å². The van der Waals surface area contributed by atoms with Crippen molar-refractivity contribution in [3.8, 4) is 0 Å². The minimum absolute atomic E-state index is 0.0183. The molecule has 8 heteroatoms. The van der Waals surface area contributed by atoms with Gasteiger partial charge >= 0.3 is 7.67 Å². The van der Waals surface area contributed by atoms with Gasteiger partial charge in [0.05, 0.1) is 17.8 Å². The molecule has 2 aliphatic rings. The van der Waals surface area contributed by atoms with Gasteiger partial charge in [0.1, 0.15) is 0 Å². The van der Waals surface area contributed by atoms with E-state index in [0.717, 1.165) is 0 Å². The molecule has 1 unspecified atom stereocenters. The minimum atomic E-state index is -3.19. The summed E-state index contributed by atoms with van der Waals surface area (Å²) < 4.78 is 31.3. The Bertz CT molecular complexity index is 895. The predicted octanol–water partition coefficient (Wildman–Crippen LogP) is 3.56. The van der Waals surface area contributed by atoms with Crippen LogP contribution >= 0.6 is 7.67 Å². The molecule has 2 saturated heterocycles. The summed E-state index contributed by atoms with van der Waals surface area (Å²) in [5.74, 6) is 0. The zero-order chi connectivity index (χ0) is 17.8. The molecule has 0 aliphatic carbocycles. The van der Waals surface area contributed by atoms with Gasteiger partial charge in [0.2, 0.25) is 0 Å². The van der Waals surface area contributed by atoms with E-state index < -0.39 is 18.7 Å². The summed E-state index contributed by atoms with van der Waals surface area (Å²) in [5, 5.41) is 12.3. The maximum absolute atomic E-state index is 13.2. The second kappa shape index (κ2) is 5.63. The van der Waals surface area contributed by atoms with Crippen LogP contribution in [0.15, 0.2) is 36.4 Å². The summed E-state index contributed by atoms with van der Waals surface area (Å²) in [6.07, 6.45) is -1.59. The first kappa shape index (κ1) is 14.5. The molecule has 2 fully saturated rings. The highest BCUT2D eigenvalue weighted by molar-refractivity contribution is 7.54. The van der Waals surface area contributed by atoms with Crippen LogP contribution in [0.2, 0.25) is 0 Å². The van der Waals surface area contributed by atoms with E-state index in [1.165, 1.54) is 12.1 Å². The number of non-ortho nitro benzene ring substituents is 1. The Morgan fingerprint density at radius 2 is 1.75 bits per heavy atom. The molecule has 4 rings (SSSR count). The molecular weight excluding hydrogens is 329 g/mol. The Hall–Kier alpha value is -1.79. The summed E-state index contributed by atoms with van der Waals surface area (Å²) in [7, 11) is -3.19. The smallest absolute Gasteiger partial charge is 0.298 e. The average Bonchev–Trinajstić information content (AvgIpc) is 3.45. The van der Waals surface area contributed by atoms with Gasteiger partial charge in [0.15, 0.2) is 0 Å². The lowest BCUT2D eigenvalue weighted by Gasteiger charge is -2.24. The summed E-state index contributed by atoms with van der Waals surface area (Å²) >= 11 is 0. The summed E-state index contributed by atoms with van der Waals surface area (Å²) in [6.45, 7) is 4.34. The second-order valence-corrected chi connectivity index (χ2v) is 8.28. The van der Waals surface area contributed by atoms with Gasteiger partial charge in [-0.15, -0.1) is 0 Å². The average molecular weight is 348 g/mol. The summed E-state index contributed by atoms with van der Waals surface area (Å²) in [5.41, 5.74) is 0.452. The molecule has 126 valence electrons. The monoisotopic (exact) mass is 348 g/mol. The van der Waals surface area contributed by atoms with Gasteiger partial charge in [-0.05, 0) is 30.0 Å². The summed E-state index contributed by atoms with van der Waals surface area (Å²) in [6, 6.07) is 9.78. The second-order valence-electron chi connectivity index (χ2n) is 5.98. The highest BCUT2D eigenvalue weighted by Gasteiger charge is 2.50. The van der Waals surface area contributed by atoms with E-state index in [1.807, 2.05) is 0 Å². The highest BCUT2D eigenvalue weighted by Crippen LogP contribution is 2.63. The largest absolute Gasteiger partial charge is 0.346 e. The van der Waals surface area contributed by atoms with Crippen molar-refractivity contribution >= 4 is 24.1 Å². The first-order valence-corrected chi connectivity index (χ1v) is 9.34. The first-order valence-electron chi connectivity index (χ1n) is 8.31. The Morgan fingerprint density at radius 1 is 1.17 bits per heavy atom. The number of hydrogen-bond acceptors (Lipinski definition) is 4. The van der Waals surface area contributed by atoms with Crippen LogP contribution in [0.1, 0.15) is 19.9 Å². The fourth-order valence-electron chi connectivity index (χ4n) is 2.87. The fourth-order valence-corrected chi connectivity index (χ4v) is 5.10. The van der Waals surface area contributed by atoms with Gasteiger partial charge in [-0.2, -0.15) is 0 Å². The lowest BCUT2D eigenvalue weighted by Crippen LogP contribution is -2.11. The molecule has 7 nitrogen and oxygen atoms in total. The van der Waals surface area contributed by atoms with Gasteiger partial charge in [0, 0.05) is 32.2 Å². The SMILES string of the molecule is [2H]C(C)(OP(=O)(N1CC1)N1CC1)c1ccc([N+](=O)[O-])c2ccccc12. The molecule has 0 saturated carbocycles. The van der Waals surface area contributed by atoms with Crippen LogP contribution in [0.3, 0.4) is 0 Å². The number of fused-ring (bicyclic) bond motifs is 1. The van der Waals surface area contributed by atoms with E-state index in [1.54, 1.807) is 40.5 Å². The van der Waals surface area contributed by atoms with Crippen molar-refractivity contribution in [2.75, 3.05) is 26.2 Å². The Morgan fingerprint density at radius 3 is 2.29 bits per heavy atom. The molecule has 0 radical (unpaired) electrons. The van der Waals surface area contributed by atoms with Crippen molar-refractivity contribution in [2.24, 2.45) is 0 Å². The van der Waals surface area contributed by atoms with Crippen molar-refractivity contribution in [3.05, 3.63) is 52.1 Å². The quantitative estimate of drug-likeness (QED) is 0.344. The van der Waals surface area contributed by atoms with Gasteiger partial charge in [-0.25, -0.2) is 9.34 Å². The zero-order valence-electron chi connectivity index (χ0n) is 14.2. The Kier molecular flexibility index (Phi) is 3.41. The van der Waals surface area contributed by atoms with E-state index >= 15 is 0 Å². The molecule has 2 heterocycles. The van der Waals surface area contributed by atoms with Crippen molar-refractivity contribution in [1.29, 1.82) is 0 Å². The van der Waals surface area contributed by atoms with Crippen molar-refractivity contribution in [1.82, 2.24) is 9.34 Å². The third kappa shape index (κ3) is 2.63. The van der Waals surface area contributed by atoms with Gasteiger partial charge in [-0.3, -0.25) is 19.2 Å². The Balaban J connectivity index is 1.79. The number of nitro groups is 1. The molecule has 24 heavy (non-hydrogen) atoms. The summed E-state index contributed by atoms with van der Waals surface area (Å²) in [4.78, 5) is 10.8. The van der Waals surface area contributed by atoms with E-state index in [2.05, 4.69) is 0 Å². The third-order valence-electron chi connectivity index (χ3n) is 4.29. The normalized spacial score (nSPS) is 21.3. The predicted molar refractivity (Wildman–Crippen MR) is 90.9 cm³/mol. The topological polar surface area (TPSA) is 75.5 Å². The van der Waals surface area contributed by atoms with E-state index in [-0.39, 0.29) is 5.69 Å². The van der Waals surface area contributed by atoms with Gasteiger partial charge in [-0.1, -0.05) is 18.2 Å². The molecular formula is C16H18N3O4P. The number of rotatable bonds is 6. The standard InChI is InChI=1S/C16H18N3O4P/c1-12(23-24(22,17-8-9-17)18-10-11-18)13-6-7-16(19(20)21)15-5-3-2-4-14(13)15/h2-7,12H,8-11H2,1H3/i12D. The minimum Gasteiger partial charge on any atom is -0.298 e. The van der Waals surface area contributed by atoms with E-state index in [9.17, 15) is 14.7 Å². The van der Waals surface area contributed by atoms with Crippen LogP contribution in [-0.4, -0.2) is 40.4 Å². The maximum atomic E-state index is 13.2. The van der Waals surface area contributed by atoms with Crippen LogP contribution < -0.4 is 0 Å². The third-order valence-corrected chi connectivity index (χ3v) is 7.04. The van der Waals surface area contributed by atoms with Crippen LogP contribution in [0.4, 0.5) is 5.69 Å². The van der Waals surface area contributed by atoms with Crippen LogP contribution in [0, 0.1) is 10.1 Å². The lowest BCUT2D eigenvalue weighted by molar-refractivity contribution is -0.383. The fraction of sp³-hybridized carbons (Fsp3) is 0.375. The van der Waals surface area contributed by atoms with Crippen molar-refractivity contribution < 1.29 is 15.4 Å². The van der Waals surface area contributed by atoms with Crippen LogP contribution in [0.25, 0.3) is 10.8 Å². The number of nitrogens with zero attached hydrogens (tertiary/aromatic N) is 3. The van der Waals surface area contributed by atoms with E-state index in [4.69, 9.17) is 5.89 Å². The molecule has 0 aromatic heterocycles. The highest BCUT2D eigenvalue weighted by atomic mass is 31.2. The molecule has 1 atom stereocenters. The van der Waals surface area contributed by atoms with Crippen LogP contribution in [-0.2, 0) is 9.09 Å². The molecule has 0 spiro atoms. The van der Waals surface area contributed by atoms with Gasteiger partial charge in [0.25, 0.3) is 5.69 Å². The number of hydrogen-bond donors (Lipinski definition) is 0. The van der Waals surface area contributed by atoms with Crippen LogP contribution in [0.5, 0.6) is 0 Å².